The van der Waals surface area contributed by atoms with E-state index in [4.69, 9.17) is 4.42 Å². The molecule has 2 aromatic heterocycles. The number of para-hydroxylation sites is 3. The number of aromatic amines is 1. The first kappa shape index (κ1) is 19.3. The van der Waals surface area contributed by atoms with Crippen LogP contribution in [0.1, 0.15) is 31.1 Å². The summed E-state index contributed by atoms with van der Waals surface area (Å²) in [7, 11) is 0. The minimum absolute atomic E-state index is 0.00167. The van der Waals surface area contributed by atoms with Crippen molar-refractivity contribution < 1.29 is 9.21 Å². The Morgan fingerprint density at radius 3 is 2.61 bits per heavy atom. The van der Waals surface area contributed by atoms with Gasteiger partial charge in [0.1, 0.15) is 5.52 Å². The van der Waals surface area contributed by atoms with Crippen LogP contribution in [0.3, 0.4) is 0 Å². The number of carbonyl (C=O) groups is 1. The van der Waals surface area contributed by atoms with Gasteiger partial charge in [0.15, 0.2) is 11.5 Å². The van der Waals surface area contributed by atoms with E-state index in [2.05, 4.69) is 9.97 Å². The fraction of sp³-hybridized carbons (Fsp3) is 0.304. The zero-order valence-electron chi connectivity index (χ0n) is 16.9. The number of carbonyl (C=O) groups excluding carboxylic acids is 1. The number of hydrogen-bond acceptors (Lipinski definition) is 5. The smallest absolute Gasteiger partial charge is 0.328 e. The Morgan fingerprint density at radius 1 is 1.06 bits per heavy atom. The second kappa shape index (κ2) is 7.86. The summed E-state index contributed by atoms with van der Waals surface area (Å²) in [5.74, 6) is 0.931. The van der Waals surface area contributed by atoms with E-state index < -0.39 is 11.2 Å². The van der Waals surface area contributed by atoms with Gasteiger partial charge in [-0.15, -0.1) is 0 Å². The standard InChI is InChI=1S/C23H22N4O4/c28-20(11-14-27-18-7-3-1-5-16(18)21(29)25-23(27)30)26-12-9-15(10-13-26)22-24-17-6-2-4-8-19(17)31-22/h1-8,15H,9-14H2,(H,25,29,30). The molecule has 1 N–H and O–H groups in total. The molecule has 1 fully saturated rings. The predicted molar refractivity (Wildman–Crippen MR) is 116 cm³/mol. The van der Waals surface area contributed by atoms with Gasteiger partial charge in [-0.2, -0.15) is 0 Å². The molecule has 1 amide bonds. The van der Waals surface area contributed by atoms with Gasteiger partial charge in [0, 0.05) is 32.0 Å². The van der Waals surface area contributed by atoms with E-state index in [0.717, 1.165) is 29.8 Å². The zero-order chi connectivity index (χ0) is 21.4. The minimum Gasteiger partial charge on any atom is -0.440 e. The Bertz CT molecular complexity index is 1340. The summed E-state index contributed by atoms with van der Waals surface area (Å²) in [5.41, 5.74) is 1.28. The predicted octanol–water partition coefficient (Wildman–Crippen LogP) is 2.63. The first-order valence-electron chi connectivity index (χ1n) is 10.5. The van der Waals surface area contributed by atoms with Crippen LogP contribution < -0.4 is 11.2 Å². The third kappa shape index (κ3) is 3.65. The van der Waals surface area contributed by atoms with Crippen LogP contribution in [-0.4, -0.2) is 38.4 Å². The van der Waals surface area contributed by atoms with Crippen molar-refractivity contribution in [3.63, 3.8) is 0 Å². The number of aromatic nitrogens is 3. The maximum atomic E-state index is 12.8. The van der Waals surface area contributed by atoms with Gasteiger partial charge in [-0.1, -0.05) is 24.3 Å². The number of amides is 1. The van der Waals surface area contributed by atoms with Crippen LogP contribution in [0.15, 0.2) is 62.5 Å². The summed E-state index contributed by atoms with van der Waals surface area (Å²) in [6.07, 6.45) is 1.78. The van der Waals surface area contributed by atoms with Crippen LogP contribution in [-0.2, 0) is 11.3 Å². The lowest BCUT2D eigenvalue weighted by Crippen LogP contribution is -2.39. The van der Waals surface area contributed by atoms with Gasteiger partial charge in [0.25, 0.3) is 5.56 Å². The van der Waals surface area contributed by atoms with Crippen molar-refractivity contribution in [2.24, 2.45) is 0 Å². The lowest BCUT2D eigenvalue weighted by atomic mass is 9.96. The second-order valence-corrected chi connectivity index (χ2v) is 7.85. The molecule has 0 unspecified atom stereocenters. The van der Waals surface area contributed by atoms with Gasteiger partial charge >= 0.3 is 5.69 Å². The molecular weight excluding hydrogens is 396 g/mol. The third-order valence-electron chi connectivity index (χ3n) is 5.96. The number of hydrogen-bond donors (Lipinski definition) is 1. The van der Waals surface area contributed by atoms with Gasteiger partial charge in [-0.05, 0) is 37.1 Å². The van der Waals surface area contributed by atoms with Gasteiger partial charge in [-0.25, -0.2) is 9.78 Å². The van der Waals surface area contributed by atoms with E-state index >= 15 is 0 Å². The molecule has 158 valence electrons. The first-order chi connectivity index (χ1) is 15.1. The normalized spacial score (nSPS) is 15.0. The summed E-state index contributed by atoms with van der Waals surface area (Å²) in [6.45, 7) is 1.48. The monoisotopic (exact) mass is 418 g/mol. The van der Waals surface area contributed by atoms with Crippen LogP contribution >= 0.6 is 0 Å². The van der Waals surface area contributed by atoms with E-state index in [1.165, 1.54) is 4.57 Å². The molecule has 3 heterocycles. The number of oxazole rings is 1. The summed E-state index contributed by atoms with van der Waals surface area (Å²) in [6, 6.07) is 14.6. The SMILES string of the molecule is O=C(CCn1c(=O)[nH]c(=O)c2ccccc21)N1CCC(c2nc3ccccc3o2)CC1. The molecule has 1 saturated heterocycles. The lowest BCUT2D eigenvalue weighted by Gasteiger charge is -2.30. The van der Waals surface area contributed by atoms with Crippen LogP contribution in [0.2, 0.25) is 0 Å². The molecule has 2 aromatic carbocycles. The maximum Gasteiger partial charge on any atom is 0.328 e. The molecule has 0 aliphatic carbocycles. The Labute approximate surface area is 177 Å². The number of likely N-dealkylation sites (tertiary alicyclic amines) is 1. The number of nitrogens with one attached hydrogen (secondary N) is 1. The van der Waals surface area contributed by atoms with E-state index in [1.54, 1.807) is 24.3 Å². The molecule has 4 aromatic rings. The van der Waals surface area contributed by atoms with E-state index in [-0.39, 0.29) is 24.8 Å². The third-order valence-corrected chi connectivity index (χ3v) is 5.96. The number of fused-ring (bicyclic) bond motifs is 2. The number of rotatable bonds is 4. The molecule has 0 saturated carbocycles. The van der Waals surface area contributed by atoms with E-state index in [9.17, 15) is 14.4 Å². The Hall–Kier alpha value is -3.68. The van der Waals surface area contributed by atoms with Crippen LogP contribution in [0, 0.1) is 0 Å². The number of benzene rings is 2. The van der Waals surface area contributed by atoms with Gasteiger partial charge in [0.05, 0.1) is 10.9 Å². The van der Waals surface area contributed by atoms with Crippen molar-refractivity contribution in [1.29, 1.82) is 0 Å². The van der Waals surface area contributed by atoms with E-state index in [0.29, 0.717) is 24.0 Å². The molecule has 31 heavy (non-hydrogen) atoms. The molecule has 0 spiro atoms. The highest BCUT2D eigenvalue weighted by Crippen LogP contribution is 2.30. The molecule has 0 radical (unpaired) electrons. The highest BCUT2D eigenvalue weighted by molar-refractivity contribution is 5.79. The fourth-order valence-electron chi connectivity index (χ4n) is 4.27. The molecule has 8 nitrogen and oxygen atoms in total. The maximum absolute atomic E-state index is 12.8. The number of aryl methyl sites for hydroxylation is 1. The second-order valence-electron chi connectivity index (χ2n) is 7.85. The van der Waals surface area contributed by atoms with Gasteiger partial charge < -0.3 is 9.32 Å². The molecular formula is C23H22N4O4. The largest absolute Gasteiger partial charge is 0.440 e. The van der Waals surface area contributed by atoms with Crippen LogP contribution in [0.4, 0.5) is 0 Å². The highest BCUT2D eigenvalue weighted by Gasteiger charge is 2.27. The fourth-order valence-corrected chi connectivity index (χ4v) is 4.27. The molecule has 8 heteroatoms. The average Bonchev–Trinajstić information content (AvgIpc) is 3.23. The lowest BCUT2D eigenvalue weighted by molar-refractivity contribution is -0.132. The topological polar surface area (TPSA) is 101 Å². The van der Waals surface area contributed by atoms with Gasteiger partial charge in [0.2, 0.25) is 5.91 Å². The number of nitrogens with zero attached hydrogens (tertiary/aromatic N) is 3. The van der Waals surface area contributed by atoms with Crippen LogP contribution in [0.5, 0.6) is 0 Å². The van der Waals surface area contributed by atoms with Crippen molar-refractivity contribution in [3.8, 4) is 0 Å². The zero-order valence-corrected chi connectivity index (χ0v) is 16.9. The highest BCUT2D eigenvalue weighted by atomic mass is 16.3. The molecule has 1 aliphatic rings. The summed E-state index contributed by atoms with van der Waals surface area (Å²) >= 11 is 0. The molecule has 0 atom stereocenters. The summed E-state index contributed by atoms with van der Waals surface area (Å²) in [4.78, 5) is 45.8. The van der Waals surface area contributed by atoms with E-state index in [1.807, 2.05) is 29.2 Å². The summed E-state index contributed by atoms with van der Waals surface area (Å²) in [5, 5.41) is 0.439. The molecule has 0 bridgehead atoms. The Morgan fingerprint density at radius 2 is 1.81 bits per heavy atom. The van der Waals surface area contributed by atoms with Crippen molar-refractivity contribution in [2.45, 2.75) is 31.7 Å². The Kier molecular flexibility index (Phi) is 4.89. The minimum atomic E-state index is -0.494. The Balaban J connectivity index is 1.24. The quantitative estimate of drug-likeness (QED) is 0.549. The van der Waals surface area contributed by atoms with Crippen LogP contribution in [0.25, 0.3) is 22.0 Å². The van der Waals surface area contributed by atoms with Crippen molar-refractivity contribution >= 4 is 27.9 Å². The van der Waals surface area contributed by atoms with Gasteiger partial charge in [-0.3, -0.25) is 19.1 Å². The average molecular weight is 418 g/mol. The number of H-pyrrole nitrogens is 1. The number of piperidine rings is 1. The first-order valence-corrected chi connectivity index (χ1v) is 10.5. The van der Waals surface area contributed by atoms with Crippen molar-refractivity contribution in [2.75, 3.05) is 13.1 Å². The summed E-state index contributed by atoms with van der Waals surface area (Å²) < 4.78 is 7.35. The van der Waals surface area contributed by atoms with Crippen molar-refractivity contribution in [3.05, 3.63) is 75.3 Å². The molecule has 5 rings (SSSR count). The molecule has 1 aliphatic heterocycles. The van der Waals surface area contributed by atoms with Crippen molar-refractivity contribution in [1.82, 2.24) is 19.4 Å².